The highest BCUT2D eigenvalue weighted by atomic mass is 16.5. The molecule has 0 saturated carbocycles. The van der Waals surface area contributed by atoms with Crippen molar-refractivity contribution in [2.45, 2.75) is 32.4 Å². The van der Waals surface area contributed by atoms with E-state index < -0.39 is 0 Å². The van der Waals surface area contributed by atoms with Crippen molar-refractivity contribution in [1.29, 1.82) is 0 Å². The minimum absolute atomic E-state index is 0.154. The number of hydrogen-bond acceptors (Lipinski definition) is 4. The molecular weight excluding hydrogens is 242 g/mol. The first-order valence-electron chi connectivity index (χ1n) is 6.95. The molecule has 106 valence electrons. The lowest BCUT2D eigenvalue weighted by Gasteiger charge is -2.25. The van der Waals surface area contributed by atoms with Crippen LogP contribution >= 0.6 is 0 Å². The van der Waals surface area contributed by atoms with E-state index in [4.69, 9.17) is 14.2 Å². The molecule has 0 spiro atoms. The highest BCUT2D eigenvalue weighted by Crippen LogP contribution is 2.27. The van der Waals surface area contributed by atoms with E-state index >= 15 is 0 Å². The Morgan fingerprint density at radius 2 is 2.32 bits per heavy atom. The Balaban J connectivity index is 2.09. The van der Waals surface area contributed by atoms with Crippen molar-refractivity contribution in [2.24, 2.45) is 0 Å². The van der Waals surface area contributed by atoms with Crippen LogP contribution in [0.1, 0.15) is 25.3 Å². The Morgan fingerprint density at radius 3 is 3.00 bits per heavy atom. The molecule has 1 aromatic carbocycles. The van der Waals surface area contributed by atoms with E-state index in [0.717, 1.165) is 49.6 Å². The van der Waals surface area contributed by atoms with Gasteiger partial charge in [0.1, 0.15) is 17.6 Å². The van der Waals surface area contributed by atoms with Gasteiger partial charge in [-0.2, -0.15) is 0 Å². The highest BCUT2D eigenvalue weighted by molar-refractivity contribution is 5.41. The maximum atomic E-state index is 6.08. The van der Waals surface area contributed by atoms with Crippen LogP contribution in [0, 0.1) is 0 Å². The summed E-state index contributed by atoms with van der Waals surface area (Å²) in [6, 6.07) is 5.98. The smallest absolute Gasteiger partial charge is 0.128 e. The third-order valence-electron chi connectivity index (χ3n) is 3.25. The van der Waals surface area contributed by atoms with Gasteiger partial charge in [-0.15, -0.1) is 0 Å². The molecule has 1 aliphatic rings. The average molecular weight is 265 g/mol. The van der Waals surface area contributed by atoms with Crippen LogP contribution in [0.5, 0.6) is 11.5 Å². The van der Waals surface area contributed by atoms with Crippen molar-refractivity contribution in [3.05, 3.63) is 23.8 Å². The lowest BCUT2D eigenvalue weighted by molar-refractivity contribution is 0.00693. The number of ether oxygens (including phenoxy) is 3. The van der Waals surface area contributed by atoms with E-state index in [1.54, 1.807) is 7.11 Å². The summed E-state index contributed by atoms with van der Waals surface area (Å²) in [6.07, 6.45) is 2.27. The molecule has 0 radical (unpaired) electrons. The van der Waals surface area contributed by atoms with Gasteiger partial charge in [-0.25, -0.2) is 0 Å². The zero-order chi connectivity index (χ0) is 13.5. The van der Waals surface area contributed by atoms with Crippen LogP contribution in [0.25, 0.3) is 0 Å². The number of benzene rings is 1. The fourth-order valence-corrected chi connectivity index (χ4v) is 2.16. The fourth-order valence-electron chi connectivity index (χ4n) is 2.16. The topological polar surface area (TPSA) is 39.7 Å². The summed E-state index contributed by atoms with van der Waals surface area (Å²) in [6.45, 7) is 5.38. The first-order valence-corrected chi connectivity index (χ1v) is 6.95. The normalized spacial score (nSPS) is 19.2. The summed E-state index contributed by atoms with van der Waals surface area (Å²) in [7, 11) is 1.67. The second kappa shape index (κ2) is 7.36. The Hall–Kier alpha value is -1.26. The summed E-state index contributed by atoms with van der Waals surface area (Å²) in [4.78, 5) is 0. The quantitative estimate of drug-likeness (QED) is 0.857. The molecule has 0 aromatic heterocycles. The molecule has 4 nitrogen and oxygen atoms in total. The SMILES string of the molecule is CCNCc1ccc(OC)cc1OC1CCCOC1. The predicted octanol–water partition coefficient (Wildman–Crippen LogP) is 2.36. The monoisotopic (exact) mass is 265 g/mol. The van der Waals surface area contributed by atoms with E-state index in [9.17, 15) is 0 Å². The van der Waals surface area contributed by atoms with Crippen molar-refractivity contribution in [1.82, 2.24) is 5.32 Å². The van der Waals surface area contributed by atoms with Gasteiger partial charge in [0.2, 0.25) is 0 Å². The van der Waals surface area contributed by atoms with Crippen LogP contribution in [0.3, 0.4) is 0 Å². The lowest BCUT2D eigenvalue weighted by atomic mass is 10.1. The van der Waals surface area contributed by atoms with Crippen LogP contribution < -0.4 is 14.8 Å². The largest absolute Gasteiger partial charge is 0.497 e. The Kier molecular flexibility index (Phi) is 5.48. The molecule has 0 amide bonds. The molecule has 1 heterocycles. The van der Waals surface area contributed by atoms with Gasteiger partial charge >= 0.3 is 0 Å². The van der Waals surface area contributed by atoms with Crippen LogP contribution in [-0.2, 0) is 11.3 Å². The minimum Gasteiger partial charge on any atom is -0.497 e. The second-order valence-electron chi connectivity index (χ2n) is 4.71. The third-order valence-corrected chi connectivity index (χ3v) is 3.25. The summed E-state index contributed by atoms with van der Waals surface area (Å²) < 4.78 is 16.8. The van der Waals surface area contributed by atoms with Crippen molar-refractivity contribution in [3.63, 3.8) is 0 Å². The molecule has 0 aliphatic carbocycles. The van der Waals surface area contributed by atoms with Crippen LogP contribution in [0.4, 0.5) is 0 Å². The summed E-state index contributed by atoms with van der Waals surface area (Å²) in [5, 5.41) is 3.33. The van der Waals surface area contributed by atoms with Crippen LogP contribution in [0.2, 0.25) is 0 Å². The maximum Gasteiger partial charge on any atom is 0.128 e. The number of hydrogen-bond donors (Lipinski definition) is 1. The van der Waals surface area contributed by atoms with Gasteiger partial charge in [0.15, 0.2) is 0 Å². The van der Waals surface area contributed by atoms with Gasteiger partial charge in [-0.1, -0.05) is 13.0 Å². The van der Waals surface area contributed by atoms with Crippen molar-refractivity contribution in [2.75, 3.05) is 26.9 Å². The predicted molar refractivity (Wildman–Crippen MR) is 74.8 cm³/mol. The van der Waals surface area contributed by atoms with Gasteiger partial charge in [0.05, 0.1) is 13.7 Å². The number of nitrogens with one attached hydrogen (secondary N) is 1. The first kappa shape index (κ1) is 14.2. The van der Waals surface area contributed by atoms with Crippen LogP contribution in [0.15, 0.2) is 18.2 Å². The van der Waals surface area contributed by atoms with Crippen molar-refractivity contribution < 1.29 is 14.2 Å². The average Bonchev–Trinajstić information content (AvgIpc) is 2.47. The Labute approximate surface area is 115 Å². The minimum atomic E-state index is 0.154. The molecule has 0 bridgehead atoms. The van der Waals surface area contributed by atoms with E-state index in [1.807, 2.05) is 12.1 Å². The fraction of sp³-hybridized carbons (Fsp3) is 0.600. The van der Waals surface area contributed by atoms with Gasteiger partial charge < -0.3 is 19.5 Å². The number of rotatable bonds is 6. The Morgan fingerprint density at radius 1 is 1.42 bits per heavy atom. The van der Waals surface area contributed by atoms with E-state index in [2.05, 4.69) is 18.3 Å². The van der Waals surface area contributed by atoms with Gasteiger partial charge in [0, 0.05) is 24.8 Å². The molecule has 1 unspecified atom stereocenters. The zero-order valence-corrected chi connectivity index (χ0v) is 11.8. The van der Waals surface area contributed by atoms with E-state index in [1.165, 1.54) is 0 Å². The molecule has 2 rings (SSSR count). The van der Waals surface area contributed by atoms with Gasteiger partial charge in [-0.05, 0) is 25.5 Å². The molecule has 19 heavy (non-hydrogen) atoms. The molecule has 1 fully saturated rings. The standard InChI is InChI=1S/C15H23NO3/c1-3-16-10-12-6-7-13(17-2)9-15(12)19-14-5-4-8-18-11-14/h6-7,9,14,16H,3-5,8,10-11H2,1-2H3. The molecule has 1 atom stereocenters. The van der Waals surface area contributed by atoms with E-state index in [-0.39, 0.29) is 6.10 Å². The molecule has 4 heteroatoms. The lowest BCUT2D eigenvalue weighted by Crippen LogP contribution is -2.28. The van der Waals surface area contributed by atoms with Gasteiger partial charge in [-0.3, -0.25) is 0 Å². The van der Waals surface area contributed by atoms with Gasteiger partial charge in [0.25, 0.3) is 0 Å². The maximum absolute atomic E-state index is 6.08. The van der Waals surface area contributed by atoms with Crippen molar-refractivity contribution >= 4 is 0 Å². The molecule has 1 aromatic rings. The molecule has 1 saturated heterocycles. The highest BCUT2D eigenvalue weighted by Gasteiger charge is 2.17. The number of methoxy groups -OCH3 is 1. The first-order chi connectivity index (χ1) is 9.33. The molecule has 1 N–H and O–H groups in total. The zero-order valence-electron chi connectivity index (χ0n) is 11.8. The molecular formula is C15H23NO3. The third kappa shape index (κ3) is 4.11. The summed E-state index contributed by atoms with van der Waals surface area (Å²) in [5.74, 6) is 1.72. The summed E-state index contributed by atoms with van der Waals surface area (Å²) in [5.41, 5.74) is 1.16. The second-order valence-corrected chi connectivity index (χ2v) is 4.71. The van der Waals surface area contributed by atoms with Crippen molar-refractivity contribution in [3.8, 4) is 11.5 Å². The Bertz CT molecular complexity index is 389. The van der Waals surface area contributed by atoms with Crippen LogP contribution in [-0.4, -0.2) is 33.0 Å². The summed E-state index contributed by atoms with van der Waals surface area (Å²) >= 11 is 0. The molecule has 1 aliphatic heterocycles. The van der Waals surface area contributed by atoms with E-state index in [0.29, 0.717) is 6.61 Å².